The highest BCUT2D eigenvalue weighted by molar-refractivity contribution is 5.42. The van der Waals surface area contributed by atoms with Crippen LogP contribution in [-0.4, -0.2) is 19.5 Å². The molecule has 2 aromatic heterocycles. The van der Waals surface area contributed by atoms with E-state index in [0.29, 0.717) is 0 Å². The molecule has 0 fully saturated rings. The Kier molecular flexibility index (Phi) is 2.69. The van der Waals surface area contributed by atoms with Gasteiger partial charge in [-0.1, -0.05) is 0 Å². The molecule has 0 atom stereocenters. The van der Waals surface area contributed by atoms with Crippen LogP contribution in [0, 0.1) is 32.8 Å². The van der Waals surface area contributed by atoms with Gasteiger partial charge in [-0.25, -0.2) is 9.97 Å². The molecule has 0 N–H and O–H groups in total. The van der Waals surface area contributed by atoms with E-state index < -0.39 is 4.92 Å². The number of nitriles is 2. The van der Waals surface area contributed by atoms with E-state index in [1.165, 1.54) is 23.0 Å². The van der Waals surface area contributed by atoms with Gasteiger partial charge in [0.25, 0.3) is 5.69 Å². The van der Waals surface area contributed by atoms with Gasteiger partial charge in [-0.2, -0.15) is 10.5 Å². The van der Waals surface area contributed by atoms with Gasteiger partial charge < -0.3 is 0 Å². The van der Waals surface area contributed by atoms with Crippen molar-refractivity contribution in [3.05, 3.63) is 46.2 Å². The Balaban J connectivity index is 2.51. The van der Waals surface area contributed by atoms with Crippen molar-refractivity contribution in [1.29, 1.82) is 10.5 Å². The maximum absolute atomic E-state index is 10.5. The summed E-state index contributed by atoms with van der Waals surface area (Å²) in [6.07, 6.45) is 2.34. The summed E-state index contributed by atoms with van der Waals surface area (Å²) in [6.45, 7) is 0. The van der Waals surface area contributed by atoms with Crippen molar-refractivity contribution < 1.29 is 4.92 Å². The number of aromatic nitrogens is 3. The highest BCUT2D eigenvalue weighted by atomic mass is 16.6. The lowest BCUT2D eigenvalue weighted by molar-refractivity contribution is -0.385. The summed E-state index contributed by atoms with van der Waals surface area (Å²) in [5, 5.41) is 28.1. The van der Waals surface area contributed by atoms with Crippen LogP contribution in [-0.2, 0) is 0 Å². The van der Waals surface area contributed by atoms with Crippen LogP contribution in [0.3, 0.4) is 0 Å². The topological polar surface area (TPSA) is 121 Å². The molecular formula is C10H4N6O2. The third kappa shape index (κ3) is 1.74. The van der Waals surface area contributed by atoms with Crippen LogP contribution in [0.15, 0.2) is 24.7 Å². The number of rotatable bonds is 2. The minimum Gasteiger partial charge on any atom is -0.273 e. The van der Waals surface area contributed by atoms with Crippen molar-refractivity contribution >= 4 is 5.69 Å². The third-order valence-electron chi connectivity index (χ3n) is 2.17. The van der Waals surface area contributed by atoms with E-state index >= 15 is 0 Å². The summed E-state index contributed by atoms with van der Waals surface area (Å²) in [4.78, 5) is 17.5. The van der Waals surface area contributed by atoms with Gasteiger partial charge in [-0.05, 0) is 6.07 Å². The van der Waals surface area contributed by atoms with Crippen LogP contribution >= 0.6 is 0 Å². The number of nitrogens with zero attached hydrogens (tertiary/aromatic N) is 6. The van der Waals surface area contributed by atoms with Gasteiger partial charge in [0.2, 0.25) is 0 Å². The average molecular weight is 240 g/mol. The van der Waals surface area contributed by atoms with Crippen LogP contribution < -0.4 is 0 Å². The predicted octanol–water partition coefficient (Wildman–Crippen LogP) is 0.919. The van der Waals surface area contributed by atoms with Gasteiger partial charge >= 0.3 is 0 Å². The molecule has 0 aromatic carbocycles. The van der Waals surface area contributed by atoms with E-state index in [1.54, 1.807) is 6.07 Å². The summed E-state index contributed by atoms with van der Waals surface area (Å²) in [5.41, 5.74) is -0.130. The molecule has 0 spiro atoms. The Hall–Kier alpha value is -3.26. The Morgan fingerprint density at radius 1 is 1.28 bits per heavy atom. The second-order valence-electron chi connectivity index (χ2n) is 3.17. The fourth-order valence-electron chi connectivity index (χ4n) is 1.34. The summed E-state index contributed by atoms with van der Waals surface area (Å²) in [7, 11) is 0. The molecule has 0 unspecified atom stereocenters. The summed E-state index contributed by atoms with van der Waals surface area (Å²) in [6, 6.07) is 6.25. The first kappa shape index (κ1) is 11.2. The number of pyridine rings is 1. The zero-order chi connectivity index (χ0) is 13.1. The van der Waals surface area contributed by atoms with Crippen molar-refractivity contribution in [2.45, 2.75) is 0 Å². The molecule has 8 nitrogen and oxygen atoms in total. The normalized spacial score (nSPS) is 9.44. The van der Waals surface area contributed by atoms with Crippen molar-refractivity contribution in [1.82, 2.24) is 14.5 Å². The number of imidazole rings is 1. The highest BCUT2D eigenvalue weighted by Gasteiger charge is 2.13. The molecule has 0 radical (unpaired) electrons. The molecule has 0 aliphatic carbocycles. The Morgan fingerprint density at radius 2 is 2.06 bits per heavy atom. The van der Waals surface area contributed by atoms with Gasteiger partial charge in [0.1, 0.15) is 30.5 Å². The average Bonchev–Trinajstić information content (AvgIpc) is 2.81. The highest BCUT2D eigenvalue weighted by Crippen LogP contribution is 2.15. The molecule has 0 bridgehead atoms. The van der Waals surface area contributed by atoms with Gasteiger partial charge in [0, 0.05) is 6.07 Å². The van der Waals surface area contributed by atoms with Gasteiger partial charge in [0.15, 0.2) is 11.4 Å². The Bertz CT molecular complexity index is 689. The van der Waals surface area contributed by atoms with E-state index in [2.05, 4.69) is 9.97 Å². The van der Waals surface area contributed by atoms with Gasteiger partial charge in [-0.3, -0.25) is 14.7 Å². The van der Waals surface area contributed by atoms with E-state index in [4.69, 9.17) is 10.5 Å². The zero-order valence-corrected chi connectivity index (χ0v) is 8.81. The molecule has 0 amide bonds. The van der Waals surface area contributed by atoms with E-state index in [1.807, 2.05) is 6.07 Å². The molecule has 2 rings (SSSR count). The first-order valence-electron chi connectivity index (χ1n) is 4.65. The van der Waals surface area contributed by atoms with Crippen molar-refractivity contribution in [3.8, 4) is 18.0 Å². The van der Waals surface area contributed by atoms with Crippen molar-refractivity contribution in [2.24, 2.45) is 0 Å². The Morgan fingerprint density at radius 3 is 2.56 bits per heavy atom. The SMILES string of the molecule is N#Cc1ncn(-c2ccc([N+](=O)[O-])cn2)c1C#N. The first-order chi connectivity index (χ1) is 8.67. The lowest BCUT2D eigenvalue weighted by atomic mass is 10.3. The monoisotopic (exact) mass is 240 g/mol. The van der Waals surface area contributed by atoms with E-state index in [-0.39, 0.29) is 22.9 Å². The fourth-order valence-corrected chi connectivity index (χ4v) is 1.34. The molecular weight excluding hydrogens is 236 g/mol. The van der Waals surface area contributed by atoms with E-state index in [9.17, 15) is 10.1 Å². The number of hydrogen-bond acceptors (Lipinski definition) is 6. The number of nitro groups is 1. The molecule has 0 aliphatic heterocycles. The fraction of sp³-hybridized carbons (Fsp3) is 0. The summed E-state index contributed by atoms with van der Waals surface area (Å²) < 4.78 is 1.29. The summed E-state index contributed by atoms with van der Waals surface area (Å²) in [5.74, 6) is 0.283. The van der Waals surface area contributed by atoms with Crippen LogP contribution in [0.4, 0.5) is 5.69 Å². The Labute approximate surface area is 101 Å². The largest absolute Gasteiger partial charge is 0.287 e. The van der Waals surface area contributed by atoms with Crippen molar-refractivity contribution in [3.63, 3.8) is 0 Å². The summed E-state index contributed by atoms with van der Waals surface area (Å²) >= 11 is 0. The van der Waals surface area contributed by atoms with Crippen LogP contribution in [0.2, 0.25) is 0 Å². The van der Waals surface area contributed by atoms with Crippen LogP contribution in [0.25, 0.3) is 5.82 Å². The second kappa shape index (κ2) is 4.31. The molecule has 86 valence electrons. The first-order valence-corrected chi connectivity index (χ1v) is 4.65. The maximum atomic E-state index is 10.5. The zero-order valence-electron chi connectivity index (χ0n) is 8.81. The van der Waals surface area contributed by atoms with Crippen LogP contribution in [0.1, 0.15) is 11.4 Å². The number of hydrogen-bond donors (Lipinski definition) is 0. The lowest BCUT2D eigenvalue weighted by Gasteiger charge is -2.01. The molecule has 0 saturated carbocycles. The quantitative estimate of drug-likeness (QED) is 0.568. The lowest BCUT2D eigenvalue weighted by Crippen LogP contribution is -2.00. The second-order valence-corrected chi connectivity index (χ2v) is 3.17. The molecule has 0 aliphatic rings. The molecule has 2 heterocycles. The van der Waals surface area contributed by atoms with E-state index in [0.717, 1.165) is 6.20 Å². The van der Waals surface area contributed by atoms with Crippen LogP contribution in [0.5, 0.6) is 0 Å². The van der Waals surface area contributed by atoms with Gasteiger partial charge in [-0.15, -0.1) is 0 Å². The minimum atomic E-state index is -0.573. The van der Waals surface area contributed by atoms with Crippen molar-refractivity contribution in [2.75, 3.05) is 0 Å². The van der Waals surface area contributed by atoms with Gasteiger partial charge in [0.05, 0.1) is 4.92 Å². The maximum Gasteiger partial charge on any atom is 0.287 e. The molecule has 2 aromatic rings. The molecule has 0 saturated heterocycles. The molecule has 18 heavy (non-hydrogen) atoms. The smallest absolute Gasteiger partial charge is 0.273 e. The standard InChI is InChI=1S/C10H4N6O2/c11-3-8-9(4-12)15(6-14-8)10-2-1-7(5-13-10)16(17)18/h1-2,5-6H. The predicted molar refractivity (Wildman–Crippen MR) is 57.4 cm³/mol. The minimum absolute atomic E-state index is 0.0161. The third-order valence-corrected chi connectivity index (χ3v) is 2.17. The molecule has 8 heteroatoms.